The van der Waals surface area contributed by atoms with Gasteiger partial charge in [-0.2, -0.15) is 42.8 Å². The molecule has 1 rings (SSSR count). The fraction of sp³-hybridized carbons (Fsp3) is 1.00. The third kappa shape index (κ3) is 1.88. The van der Waals surface area contributed by atoms with Crippen molar-refractivity contribution in [2.45, 2.75) is 17.2 Å². The minimum absolute atomic E-state index is 2.06. The van der Waals surface area contributed by atoms with E-state index in [-0.39, 0.29) is 0 Å². The third-order valence-corrected chi connectivity index (χ3v) is 3.51. The maximum Gasteiger partial charge on any atom is 0.442 e. The average Bonchev–Trinajstić information content (AvgIpc) is 1.95. The summed E-state index contributed by atoms with van der Waals surface area (Å²) in [5.74, 6) is 0. The molecule has 6 nitrogen and oxygen atoms in total. The fourth-order valence-electron chi connectivity index (χ4n) is 0.854. The van der Waals surface area contributed by atoms with Crippen LogP contribution in [0.15, 0.2) is 0 Å². The van der Waals surface area contributed by atoms with Crippen LogP contribution in [0.2, 0.25) is 0 Å². The van der Waals surface area contributed by atoms with Gasteiger partial charge in [0.2, 0.25) is 0 Å². The Balaban J connectivity index is 3.31. The van der Waals surface area contributed by atoms with E-state index in [9.17, 15) is 42.7 Å². The highest BCUT2D eigenvalue weighted by molar-refractivity contribution is 7.89. The number of alkyl halides is 5. The molecule has 0 bridgehead atoms. The highest BCUT2D eigenvalue weighted by Gasteiger charge is 2.91. The van der Waals surface area contributed by atoms with E-state index in [1.165, 1.54) is 0 Å². The van der Waals surface area contributed by atoms with Crippen LogP contribution in [-0.2, 0) is 29.0 Å². The van der Waals surface area contributed by atoms with Gasteiger partial charge in [0, 0.05) is 0 Å². The van der Waals surface area contributed by atoms with Crippen molar-refractivity contribution in [1.29, 1.82) is 0 Å². The summed E-state index contributed by atoms with van der Waals surface area (Å²) < 4.78 is 119. The number of halogens is 6. The van der Waals surface area contributed by atoms with Gasteiger partial charge in [0.05, 0.1) is 0 Å². The van der Waals surface area contributed by atoms with Crippen molar-refractivity contribution < 1.29 is 51.0 Å². The summed E-state index contributed by atoms with van der Waals surface area (Å²) in [5.41, 5.74) is 0. The average molecular weight is 310 g/mol. The molecule has 1 fully saturated rings. The molecule has 1 saturated heterocycles. The molecule has 0 N–H and O–H groups in total. The summed E-state index contributed by atoms with van der Waals surface area (Å²) in [4.78, 5) is 0. The lowest BCUT2D eigenvalue weighted by atomic mass is 10.3. The molecule has 1 heterocycles. The Hall–Kier alpha value is -0.600. The van der Waals surface area contributed by atoms with Crippen LogP contribution in [-0.4, -0.2) is 34.1 Å². The molecule has 17 heavy (non-hydrogen) atoms. The van der Waals surface area contributed by atoms with Gasteiger partial charge in [-0.25, -0.2) is 4.39 Å². The second-order valence-corrected chi connectivity index (χ2v) is 5.23. The van der Waals surface area contributed by atoms with Gasteiger partial charge in [-0.15, -0.1) is 0 Å². The number of hydrogen-bond acceptors (Lipinski definition) is 6. The van der Waals surface area contributed by atoms with Crippen molar-refractivity contribution in [3.05, 3.63) is 0 Å². The van der Waals surface area contributed by atoms with Crippen molar-refractivity contribution in [3.63, 3.8) is 0 Å². The Labute approximate surface area is 89.6 Å². The maximum atomic E-state index is 13.0. The smallest absolute Gasteiger partial charge is 0.203 e. The van der Waals surface area contributed by atoms with Crippen LogP contribution in [0, 0.1) is 0 Å². The SMILES string of the molecule is O=S(=O)(F)OC(F)(F)C1(F)C(F)(F)OS1(=O)=O. The summed E-state index contributed by atoms with van der Waals surface area (Å²) in [6, 6.07) is 0. The Morgan fingerprint density at radius 1 is 1.18 bits per heavy atom. The van der Waals surface area contributed by atoms with Crippen LogP contribution in [0.4, 0.5) is 25.8 Å². The molecule has 0 aromatic carbocycles. The summed E-state index contributed by atoms with van der Waals surface area (Å²) >= 11 is 0. The van der Waals surface area contributed by atoms with E-state index in [2.05, 4.69) is 8.37 Å². The molecule has 1 atom stereocenters. The summed E-state index contributed by atoms with van der Waals surface area (Å²) in [6.45, 7) is 0. The zero-order valence-electron chi connectivity index (χ0n) is 7.03. The molecule has 1 unspecified atom stereocenters. The van der Waals surface area contributed by atoms with Gasteiger partial charge in [-0.05, 0) is 0 Å². The molecule has 102 valence electrons. The van der Waals surface area contributed by atoms with Crippen molar-refractivity contribution in [2.24, 2.45) is 0 Å². The minimum atomic E-state index is -6.58. The van der Waals surface area contributed by atoms with Crippen molar-refractivity contribution in [1.82, 2.24) is 0 Å². The van der Waals surface area contributed by atoms with E-state index in [1.807, 2.05) is 0 Å². The molecule has 0 spiro atoms. The zero-order valence-corrected chi connectivity index (χ0v) is 8.67. The van der Waals surface area contributed by atoms with Crippen LogP contribution < -0.4 is 0 Å². The number of rotatable bonds is 3. The van der Waals surface area contributed by atoms with Gasteiger partial charge in [-0.3, -0.25) is 0 Å². The molecule has 1 aliphatic heterocycles. The van der Waals surface area contributed by atoms with Gasteiger partial charge in [0.25, 0.3) is 0 Å². The zero-order chi connectivity index (χ0) is 13.9. The van der Waals surface area contributed by atoms with E-state index >= 15 is 0 Å². The van der Waals surface area contributed by atoms with Crippen LogP contribution >= 0.6 is 0 Å². The normalized spacial score (nSPS) is 31.9. The number of hydrogen-bond donors (Lipinski definition) is 0. The van der Waals surface area contributed by atoms with Crippen LogP contribution in [0.3, 0.4) is 0 Å². The molecular weight excluding hydrogens is 310 g/mol. The van der Waals surface area contributed by atoms with Crippen molar-refractivity contribution in [3.8, 4) is 0 Å². The standard InChI is InChI=1S/C3F6O6S2/c4-1(2(5,6)14-16(1,10)11)3(7,8)15-17(9,12)13. The molecule has 0 aromatic rings. The monoisotopic (exact) mass is 310 g/mol. The largest absolute Gasteiger partial charge is 0.442 e. The second kappa shape index (κ2) is 3.24. The van der Waals surface area contributed by atoms with E-state index in [4.69, 9.17) is 0 Å². The Kier molecular flexibility index (Phi) is 2.76. The Morgan fingerprint density at radius 3 is 1.82 bits per heavy atom. The summed E-state index contributed by atoms with van der Waals surface area (Å²) in [5, 5.41) is -5.84. The molecule has 0 amide bonds. The van der Waals surface area contributed by atoms with Crippen LogP contribution in [0.25, 0.3) is 0 Å². The first kappa shape index (κ1) is 14.5. The van der Waals surface area contributed by atoms with E-state index in [1.54, 1.807) is 0 Å². The van der Waals surface area contributed by atoms with Crippen LogP contribution in [0.1, 0.15) is 0 Å². The van der Waals surface area contributed by atoms with E-state index in [0.717, 1.165) is 0 Å². The molecule has 0 aliphatic carbocycles. The summed E-state index contributed by atoms with van der Waals surface area (Å²) in [6.07, 6.45) is -11.8. The van der Waals surface area contributed by atoms with Gasteiger partial charge in [0.15, 0.2) is 0 Å². The quantitative estimate of drug-likeness (QED) is 0.427. The van der Waals surface area contributed by atoms with Crippen LogP contribution in [0.5, 0.6) is 0 Å². The van der Waals surface area contributed by atoms with E-state index < -0.39 is 37.8 Å². The van der Waals surface area contributed by atoms with Crippen molar-refractivity contribution in [2.75, 3.05) is 0 Å². The second-order valence-electron chi connectivity index (χ2n) is 2.64. The van der Waals surface area contributed by atoms with Gasteiger partial charge in [0.1, 0.15) is 0 Å². The lowest BCUT2D eigenvalue weighted by molar-refractivity contribution is -0.370. The Morgan fingerprint density at radius 2 is 1.59 bits per heavy atom. The maximum absolute atomic E-state index is 13.0. The lowest BCUT2D eigenvalue weighted by Crippen LogP contribution is -2.73. The molecule has 0 saturated carbocycles. The molecule has 0 aromatic heterocycles. The molecule has 14 heteroatoms. The highest BCUT2D eigenvalue weighted by Crippen LogP contribution is 2.58. The van der Waals surface area contributed by atoms with Crippen molar-refractivity contribution >= 4 is 20.6 Å². The predicted molar refractivity (Wildman–Crippen MR) is 34.9 cm³/mol. The minimum Gasteiger partial charge on any atom is -0.203 e. The lowest BCUT2D eigenvalue weighted by Gasteiger charge is -2.41. The van der Waals surface area contributed by atoms with Gasteiger partial charge in [-0.1, -0.05) is 3.89 Å². The first-order valence-corrected chi connectivity index (χ1v) is 5.93. The Bertz CT molecular complexity index is 536. The predicted octanol–water partition coefficient (Wildman–Crippen LogP) is 0.429. The molecule has 1 aliphatic rings. The molecular formula is C3F6O6S2. The van der Waals surface area contributed by atoms with Gasteiger partial charge >= 0.3 is 37.8 Å². The first-order valence-electron chi connectivity index (χ1n) is 3.21. The first-order chi connectivity index (χ1) is 7.16. The summed E-state index contributed by atoms with van der Waals surface area (Å²) in [7, 11) is -12.8. The third-order valence-electron chi connectivity index (χ3n) is 1.51. The molecule has 0 radical (unpaired) electrons. The van der Waals surface area contributed by atoms with Gasteiger partial charge < -0.3 is 0 Å². The highest BCUT2D eigenvalue weighted by atomic mass is 32.3. The topological polar surface area (TPSA) is 86.7 Å². The van der Waals surface area contributed by atoms with E-state index in [0.29, 0.717) is 0 Å². The fourth-order valence-corrected chi connectivity index (χ4v) is 2.32.